The molecule has 6 nitrogen and oxygen atoms in total. The quantitative estimate of drug-likeness (QED) is 0.801. The SMILES string of the molecule is CCN(CC(=O)Nc1ncc(Cl)cc1Cl)C(C)CC(=O)O. The van der Waals surface area contributed by atoms with Gasteiger partial charge in [-0.3, -0.25) is 14.5 Å². The second kappa shape index (κ2) is 8.17. The van der Waals surface area contributed by atoms with Gasteiger partial charge >= 0.3 is 5.97 Å². The first-order valence-corrected chi connectivity index (χ1v) is 7.15. The van der Waals surface area contributed by atoms with Crippen LogP contribution in [0.25, 0.3) is 0 Å². The van der Waals surface area contributed by atoms with E-state index in [-0.39, 0.29) is 35.8 Å². The van der Waals surface area contributed by atoms with Crippen LogP contribution in [0.1, 0.15) is 20.3 Å². The van der Waals surface area contributed by atoms with E-state index >= 15 is 0 Å². The van der Waals surface area contributed by atoms with Gasteiger partial charge < -0.3 is 10.4 Å². The van der Waals surface area contributed by atoms with E-state index in [0.717, 1.165) is 0 Å². The highest BCUT2D eigenvalue weighted by Gasteiger charge is 2.19. The molecule has 0 saturated carbocycles. The number of halogens is 2. The zero-order valence-corrected chi connectivity index (χ0v) is 13.3. The molecule has 8 heteroatoms. The van der Waals surface area contributed by atoms with E-state index in [0.29, 0.717) is 11.6 Å². The van der Waals surface area contributed by atoms with Crippen LogP contribution >= 0.6 is 23.2 Å². The number of carboxylic acid groups (broad SMARTS) is 1. The molecule has 0 aliphatic carbocycles. The number of aromatic nitrogens is 1. The lowest BCUT2D eigenvalue weighted by atomic mass is 10.2. The summed E-state index contributed by atoms with van der Waals surface area (Å²) in [6.07, 6.45) is 1.36. The van der Waals surface area contributed by atoms with Crippen LogP contribution in [-0.4, -0.2) is 46.0 Å². The molecule has 116 valence electrons. The van der Waals surface area contributed by atoms with Gasteiger partial charge in [-0.1, -0.05) is 30.1 Å². The maximum Gasteiger partial charge on any atom is 0.304 e. The largest absolute Gasteiger partial charge is 0.481 e. The van der Waals surface area contributed by atoms with E-state index in [1.54, 1.807) is 11.8 Å². The Hall–Kier alpha value is -1.37. The zero-order chi connectivity index (χ0) is 16.0. The molecule has 0 spiro atoms. The second-order valence-electron chi connectivity index (χ2n) is 4.54. The molecule has 1 heterocycles. The van der Waals surface area contributed by atoms with Crippen LogP contribution in [0.2, 0.25) is 10.0 Å². The summed E-state index contributed by atoms with van der Waals surface area (Å²) in [6.45, 7) is 4.24. The Morgan fingerprint density at radius 3 is 2.67 bits per heavy atom. The van der Waals surface area contributed by atoms with Crippen molar-refractivity contribution in [2.24, 2.45) is 0 Å². The van der Waals surface area contributed by atoms with Crippen molar-refractivity contribution < 1.29 is 14.7 Å². The predicted molar refractivity (Wildman–Crippen MR) is 81.8 cm³/mol. The fraction of sp³-hybridized carbons (Fsp3) is 0.462. The molecule has 0 fully saturated rings. The van der Waals surface area contributed by atoms with Crippen LogP contribution in [-0.2, 0) is 9.59 Å². The lowest BCUT2D eigenvalue weighted by molar-refractivity contribution is -0.138. The molecule has 0 saturated heterocycles. The molecule has 2 N–H and O–H groups in total. The molecule has 0 aliphatic heterocycles. The number of hydrogen-bond donors (Lipinski definition) is 2. The number of aliphatic carboxylic acids is 1. The van der Waals surface area contributed by atoms with Gasteiger partial charge in [0, 0.05) is 12.2 Å². The number of pyridine rings is 1. The lowest BCUT2D eigenvalue weighted by Gasteiger charge is -2.25. The molecule has 1 rings (SSSR count). The van der Waals surface area contributed by atoms with Crippen LogP contribution in [0.3, 0.4) is 0 Å². The lowest BCUT2D eigenvalue weighted by Crippen LogP contribution is -2.40. The maximum atomic E-state index is 12.0. The predicted octanol–water partition coefficient (Wildman–Crippen LogP) is 2.51. The van der Waals surface area contributed by atoms with Gasteiger partial charge in [-0.15, -0.1) is 0 Å². The highest BCUT2D eigenvalue weighted by atomic mass is 35.5. The normalized spacial score (nSPS) is 12.2. The Kier molecular flexibility index (Phi) is 6.87. The second-order valence-corrected chi connectivity index (χ2v) is 5.39. The van der Waals surface area contributed by atoms with Gasteiger partial charge in [-0.25, -0.2) is 4.98 Å². The zero-order valence-electron chi connectivity index (χ0n) is 11.8. The Labute approximate surface area is 133 Å². The molecule has 1 unspecified atom stereocenters. The average molecular weight is 334 g/mol. The van der Waals surface area contributed by atoms with Crippen LogP contribution in [0, 0.1) is 0 Å². The molecule has 0 bridgehead atoms. The Balaban J connectivity index is 2.64. The van der Waals surface area contributed by atoms with Crippen LogP contribution in [0.4, 0.5) is 5.82 Å². The molecule has 1 amide bonds. The van der Waals surface area contributed by atoms with Crippen molar-refractivity contribution in [3.63, 3.8) is 0 Å². The average Bonchev–Trinajstić information content (AvgIpc) is 2.38. The number of rotatable bonds is 7. The topological polar surface area (TPSA) is 82.5 Å². The number of nitrogens with zero attached hydrogens (tertiary/aromatic N) is 2. The molecule has 0 aromatic carbocycles. The highest BCUT2D eigenvalue weighted by Crippen LogP contribution is 2.22. The van der Waals surface area contributed by atoms with Crippen molar-refractivity contribution in [3.8, 4) is 0 Å². The van der Waals surface area contributed by atoms with Gasteiger partial charge in [0.1, 0.15) is 0 Å². The number of carbonyl (C=O) groups excluding carboxylic acids is 1. The molecule has 0 aliphatic rings. The summed E-state index contributed by atoms with van der Waals surface area (Å²) in [5.74, 6) is -0.984. The van der Waals surface area contributed by atoms with Gasteiger partial charge in [-0.05, 0) is 19.5 Å². The van der Waals surface area contributed by atoms with E-state index in [9.17, 15) is 9.59 Å². The summed E-state index contributed by atoms with van der Waals surface area (Å²) in [7, 11) is 0. The van der Waals surface area contributed by atoms with E-state index in [2.05, 4.69) is 10.3 Å². The van der Waals surface area contributed by atoms with Crippen molar-refractivity contribution in [3.05, 3.63) is 22.3 Å². The summed E-state index contributed by atoms with van der Waals surface area (Å²) in [5.41, 5.74) is 0. The van der Waals surface area contributed by atoms with Gasteiger partial charge in [-0.2, -0.15) is 0 Å². The number of amides is 1. The van der Waals surface area contributed by atoms with Crippen molar-refractivity contribution in [2.45, 2.75) is 26.3 Å². The number of likely N-dealkylation sites (N-methyl/N-ethyl adjacent to an activating group) is 1. The van der Waals surface area contributed by atoms with Gasteiger partial charge in [0.25, 0.3) is 0 Å². The summed E-state index contributed by atoms with van der Waals surface area (Å²) < 4.78 is 0. The van der Waals surface area contributed by atoms with Crippen molar-refractivity contribution >= 4 is 40.9 Å². The Morgan fingerprint density at radius 2 is 2.14 bits per heavy atom. The van der Waals surface area contributed by atoms with E-state index in [1.165, 1.54) is 12.3 Å². The first-order chi connectivity index (χ1) is 9.83. The van der Waals surface area contributed by atoms with Crippen LogP contribution in [0.5, 0.6) is 0 Å². The van der Waals surface area contributed by atoms with Crippen molar-refractivity contribution in [1.29, 1.82) is 0 Å². The summed E-state index contributed by atoms with van der Waals surface area (Å²) in [4.78, 5) is 28.4. The number of carboxylic acids is 1. The Bertz CT molecular complexity index is 525. The third kappa shape index (κ3) is 5.87. The first kappa shape index (κ1) is 17.7. The number of carbonyl (C=O) groups is 2. The number of hydrogen-bond acceptors (Lipinski definition) is 4. The molecule has 1 aromatic rings. The molecule has 1 atom stereocenters. The maximum absolute atomic E-state index is 12.0. The minimum Gasteiger partial charge on any atom is -0.481 e. The van der Waals surface area contributed by atoms with Crippen LogP contribution in [0.15, 0.2) is 12.3 Å². The van der Waals surface area contributed by atoms with Gasteiger partial charge in [0.15, 0.2) is 5.82 Å². The minimum absolute atomic E-state index is 0.0267. The highest BCUT2D eigenvalue weighted by molar-refractivity contribution is 6.36. The third-order valence-electron chi connectivity index (χ3n) is 2.91. The Morgan fingerprint density at radius 1 is 1.48 bits per heavy atom. The summed E-state index contributed by atoms with van der Waals surface area (Å²) in [6, 6.07) is 1.24. The fourth-order valence-electron chi connectivity index (χ4n) is 1.82. The van der Waals surface area contributed by atoms with Gasteiger partial charge in [0.2, 0.25) is 5.91 Å². The summed E-state index contributed by atoms with van der Waals surface area (Å²) >= 11 is 11.6. The monoisotopic (exact) mass is 333 g/mol. The van der Waals surface area contributed by atoms with Crippen molar-refractivity contribution in [1.82, 2.24) is 9.88 Å². The van der Waals surface area contributed by atoms with E-state index in [4.69, 9.17) is 28.3 Å². The first-order valence-electron chi connectivity index (χ1n) is 6.40. The molecule has 1 aromatic heterocycles. The fourth-order valence-corrected chi connectivity index (χ4v) is 2.25. The van der Waals surface area contributed by atoms with Gasteiger partial charge in [0.05, 0.1) is 23.0 Å². The van der Waals surface area contributed by atoms with E-state index < -0.39 is 5.97 Å². The molecule has 0 radical (unpaired) electrons. The smallest absolute Gasteiger partial charge is 0.304 e. The molecular formula is C13H17Cl2N3O3. The molecule has 21 heavy (non-hydrogen) atoms. The van der Waals surface area contributed by atoms with E-state index in [1.807, 2.05) is 6.92 Å². The third-order valence-corrected chi connectivity index (χ3v) is 3.41. The number of nitrogens with one attached hydrogen (secondary N) is 1. The number of anilines is 1. The minimum atomic E-state index is -0.899. The standard InChI is InChI=1S/C13H17Cl2N3O3/c1-3-18(8(2)4-12(20)21)7-11(19)17-13-10(15)5-9(14)6-16-13/h5-6,8H,3-4,7H2,1-2H3,(H,20,21)(H,16,17,19). The van der Waals surface area contributed by atoms with Crippen LogP contribution < -0.4 is 5.32 Å². The summed E-state index contributed by atoms with van der Waals surface area (Å²) in [5, 5.41) is 12.0. The molecular weight excluding hydrogens is 317 g/mol. The van der Waals surface area contributed by atoms with Crippen molar-refractivity contribution in [2.75, 3.05) is 18.4 Å².